The Hall–Kier alpha value is -2.05. The van der Waals surface area contributed by atoms with E-state index >= 15 is 0 Å². The molecular weight excluding hydrogens is 280 g/mol. The molecule has 0 radical (unpaired) electrons. The van der Waals surface area contributed by atoms with Gasteiger partial charge in [0.15, 0.2) is 0 Å². The van der Waals surface area contributed by atoms with Crippen molar-refractivity contribution in [2.24, 2.45) is 0 Å². The van der Waals surface area contributed by atoms with Crippen LogP contribution in [0.3, 0.4) is 0 Å². The average Bonchev–Trinajstić information content (AvgIpc) is 2.45. The van der Waals surface area contributed by atoms with Crippen molar-refractivity contribution in [3.8, 4) is 22.6 Å². The Morgan fingerprint density at radius 3 is 2.15 bits per heavy atom. The normalized spacial score (nSPS) is 11.2. The average molecular weight is 294 g/mol. The van der Waals surface area contributed by atoms with E-state index in [9.17, 15) is 13.0 Å². The van der Waals surface area contributed by atoms with Gasteiger partial charge in [-0.1, -0.05) is 30.3 Å². The van der Waals surface area contributed by atoms with E-state index in [1.165, 1.54) is 26.4 Å². The fourth-order valence-electron chi connectivity index (χ4n) is 2.01. The summed E-state index contributed by atoms with van der Waals surface area (Å²) in [7, 11) is -1.49. The third-order valence-corrected chi connectivity index (χ3v) is 3.74. The molecule has 6 heteroatoms. The second-order valence-electron chi connectivity index (χ2n) is 4.01. The van der Waals surface area contributed by atoms with Gasteiger partial charge in [0.1, 0.15) is 16.4 Å². The predicted molar refractivity (Wildman–Crippen MR) is 74.8 cm³/mol. The maximum atomic E-state index is 11.4. The van der Waals surface area contributed by atoms with E-state index in [-0.39, 0.29) is 10.6 Å². The van der Waals surface area contributed by atoms with Gasteiger partial charge < -0.3 is 9.47 Å². The third kappa shape index (κ3) is 2.61. The molecule has 2 rings (SSSR count). The predicted octanol–water partition coefficient (Wildman–Crippen LogP) is 2.62. The maximum Gasteiger partial charge on any atom is 0.298 e. The molecule has 2 aromatic rings. The highest BCUT2D eigenvalue weighted by Crippen LogP contribution is 2.39. The second kappa shape index (κ2) is 5.52. The van der Waals surface area contributed by atoms with Crippen LogP contribution in [0.1, 0.15) is 0 Å². The minimum atomic E-state index is -4.36. The molecule has 2 aromatic carbocycles. The fourth-order valence-corrected chi connectivity index (χ4v) is 2.69. The molecular formula is C14H14O5S. The summed E-state index contributed by atoms with van der Waals surface area (Å²) in [6, 6.07) is 11.7. The first kappa shape index (κ1) is 14.4. The molecule has 0 atom stereocenters. The Balaban J connectivity index is 2.76. The lowest BCUT2D eigenvalue weighted by Crippen LogP contribution is -2.03. The molecule has 106 valence electrons. The summed E-state index contributed by atoms with van der Waals surface area (Å²) in [5.41, 5.74) is 1.21. The van der Waals surface area contributed by atoms with Crippen molar-refractivity contribution in [2.75, 3.05) is 14.2 Å². The number of ether oxygens (including phenoxy) is 2. The van der Waals surface area contributed by atoms with E-state index in [0.717, 1.165) is 0 Å². The van der Waals surface area contributed by atoms with Crippen LogP contribution in [0.25, 0.3) is 11.1 Å². The van der Waals surface area contributed by atoms with Crippen molar-refractivity contribution in [1.29, 1.82) is 0 Å². The quantitative estimate of drug-likeness (QED) is 0.877. The van der Waals surface area contributed by atoms with Crippen LogP contribution in [0, 0.1) is 0 Å². The van der Waals surface area contributed by atoms with E-state index in [1.54, 1.807) is 30.3 Å². The summed E-state index contributed by atoms with van der Waals surface area (Å²) in [6.45, 7) is 0. The molecule has 1 N–H and O–H groups in total. The number of methoxy groups -OCH3 is 2. The van der Waals surface area contributed by atoms with Gasteiger partial charge in [0.05, 0.1) is 14.2 Å². The number of hydrogen-bond acceptors (Lipinski definition) is 4. The first-order valence-electron chi connectivity index (χ1n) is 5.77. The molecule has 0 aliphatic heterocycles. The van der Waals surface area contributed by atoms with Crippen molar-refractivity contribution < 1.29 is 22.4 Å². The molecule has 0 aromatic heterocycles. The largest absolute Gasteiger partial charge is 0.496 e. The van der Waals surface area contributed by atoms with Gasteiger partial charge >= 0.3 is 0 Å². The lowest BCUT2D eigenvalue weighted by Gasteiger charge is -2.14. The topological polar surface area (TPSA) is 72.8 Å². The smallest absolute Gasteiger partial charge is 0.298 e. The van der Waals surface area contributed by atoms with E-state index in [2.05, 4.69) is 0 Å². The maximum absolute atomic E-state index is 11.4. The molecule has 0 saturated heterocycles. The van der Waals surface area contributed by atoms with E-state index in [4.69, 9.17) is 9.47 Å². The summed E-state index contributed by atoms with van der Waals surface area (Å²) in [6.07, 6.45) is 0. The Morgan fingerprint density at radius 2 is 1.55 bits per heavy atom. The van der Waals surface area contributed by atoms with Gasteiger partial charge in [-0.15, -0.1) is 0 Å². The van der Waals surface area contributed by atoms with Crippen molar-refractivity contribution in [3.63, 3.8) is 0 Å². The van der Waals surface area contributed by atoms with Gasteiger partial charge in [0, 0.05) is 11.1 Å². The fraction of sp³-hybridized carbons (Fsp3) is 0.143. The molecule has 0 saturated carbocycles. The Labute approximate surface area is 117 Å². The Morgan fingerprint density at radius 1 is 0.900 bits per heavy atom. The lowest BCUT2D eigenvalue weighted by atomic mass is 10.0. The molecule has 0 heterocycles. The van der Waals surface area contributed by atoms with Crippen LogP contribution >= 0.6 is 0 Å². The molecule has 0 unspecified atom stereocenters. The van der Waals surface area contributed by atoms with Gasteiger partial charge in [-0.3, -0.25) is 4.55 Å². The Kier molecular flexibility index (Phi) is 3.96. The highest BCUT2D eigenvalue weighted by molar-refractivity contribution is 7.86. The van der Waals surface area contributed by atoms with Gasteiger partial charge in [0.2, 0.25) is 0 Å². The minimum absolute atomic E-state index is 0.0829. The molecule has 5 nitrogen and oxygen atoms in total. The molecule has 0 spiro atoms. The summed E-state index contributed by atoms with van der Waals surface area (Å²) in [5, 5.41) is 0. The van der Waals surface area contributed by atoms with Crippen LogP contribution in [0.5, 0.6) is 11.5 Å². The van der Waals surface area contributed by atoms with Crippen molar-refractivity contribution in [3.05, 3.63) is 42.5 Å². The van der Waals surface area contributed by atoms with Gasteiger partial charge in [-0.25, -0.2) is 0 Å². The molecule has 20 heavy (non-hydrogen) atoms. The molecule has 0 aliphatic rings. The third-order valence-electron chi connectivity index (χ3n) is 2.86. The van der Waals surface area contributed by atoms with Crippen LogP contribution < -0.4 is 9.47 Å². The highest BCUT2D eigenvalue weighted by atomic mass is 32.2. The summed E-state index contributed by atoms with van der Waals surface area (Å²) in [5.74, 6) is 0.665. The van der Waals surface area contributed by atoms with Gasteiger partial charge in [0.25, 0.3) is 10.1 Å². The molecule has 0 amide bonds. The van der Waals surface area contributed by atoms with E-state index in [1.807, 2.05) is 0 Å². The minimum Gasteiger partial charge on any atom is -0.496 e. The van der Waals surface area contributed by atoms with Crippen molar-refractivity contribution in [1.82, 2.24) is 0 Å². The summed E-state index contributed by atoms with van der Waals surface area (Å²) >= 11 is 0. The van der Waals surface area contributed by atoms with Gasteiger partial charge in [-0.05, 0) is 12.1 Å². The van der Waals surface area contributed by atoms with Crippen LogP contribution in [0.15, 0.2) is 47.4 Å². The van der Waals surface area contributed by atoms with Crippen molar-refractivity contribution >= 4 is 10.1 Å². The lowest BCUT2D eigenvalue weighted by molar-refractivity contribution is 0.397. The van der Waals surface area contributed by atoms with Crippen LogP contribution in [-0.2, 0) is 10.1 Å². The summed E-state index contributed by atoms with van der Waals surface area (Å²) < 4.78 is 42.5. The van der Waals surface area contributed by atoms with Crippen molar-refractivity contribution in [2.45, 2.75) is 4.90 Å². The first-order chi connectivity index (χ1) is 9.49. The van der Waals surface area contributed by atoms with Crippen LogP contribution in [-0.4, -0.2) is 27.2 Å². The SMILES string of the molecule is COc1ccccc1-c1cccc(S(=O)(=O)O)c1OC. The second-order valence-corrected chi connectivity index (χ2v) is 5.40. The number of benzene rings is 2. The first-order valence-corrected chi connectivity index (χ1v) is 7.21. The standard InChI is InChI=1S/C14H14O5S/c1-18-12-8-4-3-6-10(12)11-7-5-9-13(14(11)19-2)20(15,16)17/h3-9H,1-2H3,(H,15,16,17). The molecule has 0 bridgehead atoms. The summed E-state index contributed by atoms with van der Waals surface area (Å²) in [4.78, 5) is -0.275. The number of rotatable bonds is 4. The zero-order valence-corrected chi connectivity index (χ0v) is 11.8. The number of hydrogen-bond donors (Lipinski definition) is 1. The zero-order valence-electron chi connectivity index (χ0n) is 11.0. The van der Waals surface area contributed by atoms with E-state index < -0.39 is 10.1 Å². The molecule has 0 aliphatic carbocycles. The van der Waals surface area contributed by atoms with Gasteiger partial charge in [-0.2, -0.15) is 8.42 Å². The zero-order chi connectivity index (χ0) is 14.8. The van der Waals surface area contributed by atoms with Crippen LogP contribution in [0.4, 0.5) is 0 Å². The monoisotopic (exact) mass is 294 g/mol. The highest BCUT2D eigenvalue weighted by Gasteiger charge is 2.21. The number of para-hydroxylation sites is 2. The molecule has 0 fully saturated rings. The Bertz CT molecular complexity index is 722. The van der Waals surface area contributed by atoms with E-state index in [0.29, 0.717) is 16.9 Å². The van der Waals surface area contributed by atoms with Crippen LogP contribution in [0.2, 0.25) is 0 Å².